The Morgan fingerprint density at radius 3 is 2.52 bits per heavy atom. The number of anilines is 1. The van der Waals surface area contributed by atoms with Gasteiger partial charge >= 0.3 is 6.09 Å². The van der Waals surface area contributed by atoms with E-state index >= 15 is 4.39 Å². The summed E-state index contributed by atoms with van der Waals surface area (Å²) in [5.74, 6) is 2.51. The Bertz CT molecular complexity index is 1520. The van der Waals surface area contributed by atoms with E-state index in [9.17, 15) is 4.79 Å². The molecule has 3 saturated heterocycles. The molecule has 4 aliphatic rings. The van der Waals surface area contributed by atoms with Gasteiger partial charge in [0.15, 0.2) is 12.1 Å². The number of alkyl halides is 1. The van der Waals surface area contributed by atoms with Crippen molar-refractivity contribution in [1.29, 1.82) is 0 Å². The third-order valence-electron chi connectivity index (χ3n) is 9.08. The second-order valence-corrected chi connectivity index (χ2v) is 13.8. The molecule has 0 spiro atoms. The monoisotopic (exact) mass is 606 g/mol. The molecule has 0 bridgehead atoms. The minimum absolute atomic E-state index is 0.0176. The molecule has 1 saturated carbocycles. The highest BCUT2D eigenvalue weighted by Gasteiger charge is 2.36. The maximum atomic E-state index is 15.7. The zero-order chi connectivity index (χ0) is 30.6. The quantitative estimate of drug-likeness (QED) is 0.348. The van der Waals surface area contributed by atoms with Crippen molar-refractivity contribution in [1.82, 2.24) is 24.6 Å². The molecule has 11 heteroatoms. The van der Waals surface area contributed by atoms with E-state index in [1.807, 2.05) is 44.6 Å². The Hall–Kier alpha value is -3.31. The van der Waals surface area contributed by atoms with E-state index < -0.39 is 17.9 Å². The Balaban J connectivity index is 1.12. The number of aryl methyl sites for hydroxylation is 1. The summed E-state index contributed by atoms with van der Waals surface area (Å²) in [7, 11) is 0. The lowest BCUT2D eigenvalue weighted by Gasteiger charge is -2.41. The number of ether oxygens (including phenoxy) is 3. The van der Waals surface area contributed by atoms with Gasteiger partial charge in [0.05, 0.1) is 24.4 Å². The van der Waals surface area contributed by atoms with Crippen LogP contribution in [0.5, 0.6) is 0 Å². The molecule has 5 heterocycles. The molecule has 2 aromatic heterocycles. The summed E-state index contributed by atoms with van der Waals surface area (Å²) in [6.45, 7) is 10.3. The number of carbonyl (C=O) groups is 1. The Kier molecular flexibility index (Phi) is 7.73. The van der Waals surface area contributed by atoms with Gasteiger partial charge in [-0.15, -0.1) is 0 Å². The molecule has 0 N–H and O–H groups in total. The predicted octanol–water partition coefficient (Wildman–Crippen LogP) is 5.80. The number of aromatic nitrogens is 4. The summed E-state index contributed by atoms with van der Waals surface area (Å²) in [6.07, 6.45) is 6.15. The Morgan fingerprint density at radius 2 is 1.82 bits per heavy atom. The van der Waals surface area contributed by atoms with Gasteiger partial charge in [-0.25, -0.2) is 23.8 Å². The van der Waals surface area contributed by atoms with Crippen LogP contribution in [0.1, 0.15) is 88.1 Å². The second-order valence-electron chi connectivity index (χ2n) is 13.8. The van der Waals surface area contributed by atoms with Crippen LogP contribution in [0.2, 0.25) is 0 Å². The fraction of sp³-hybridized carbons (Fsp3) is 0.636. The third kappa shape index (κ3) is 6.13. The molecule has 4 fully saturated rings. The summed E-state index contributed by atoms with van der Waals surface area (Å²) in [5, 5.41) is 5.72. The minimum atomic E-state index is -1.20. The maximum absolute atomic E-state index is 15.7. The highest BCUT2D eigenvalue weighted by Crippen LogP contribution is 2.40. The van der Waals surface area contributed by atoms with E-state index in [1.54, 1.807) is 0 Å². The maximum Gasteiger partial charge on any atom is 0.410 e. The first-order valence-corrected chi connectivity index (χ1v) is 16.1. The number of fused-ring (bicyclic) bond motifs is 1. The Labute approximate surface area is 257 Å². The molecule has 236 valence electrons. The first kappa shape index (κ1) is 29.4. The molecule has 1 aliphatic carbocycles. The number of nitrogens with zero attached hydrogens (tertiary/aromatic N) is 6. The average Bonchev–Trinajstić information content (AvgIpc) is 3.74. The van der Waals surface area contributed by atoms with Crippen LogP contribution < -0.4 is 4.90 Å². The normalized spacial score (nSPS) is 24.9. The zero-order valence-corrected chi connectivity index (χ0v) is 26.2. The topological polar surface area (TPSA) is 94.8 Å². The van der Waals surface area contributed by atoms with Crippen LogP contribution in [0.25, 0.3) is 16.7 Å². The molecule has 1 aromatic carbocycles. The second kappa shape index (κ2) is 11.6. The summed E-state index contributed by atoms with van der Waals surface area (Å²) in [4.78, 5) is 26.2. The molecule has 44 heavy (non-hydrogen) atoms. The van der Waals surface area contributed by atoms with Crippen molar-refractivity contribution in [2.24, 2.45) is 0 Å². The molecule has 1 unspecified atom stereocenters. The Morgan fingerprint density at radius 1 is 1.02 bits per heavy atom. The molecule has 10 nitrogen and oxygen atoms in total. The molecule has 7 rings (SSSR count). The summed E-state index contributed by atoms with van der Waals surface area (Å²) in [6, 6.07) is 6.15. The van der Waals surface area contributed by atoms with Crippen LogP contribution in [-0.2, 0) is 14.2 Å². The lowest BCUT2D eigenvalue weighted by molar-refractivity contribution is -0.191. The van der Waals surface area contributed by atoms with Crippen molar-refractivity contribution >= 4 is 22.8 Å². The van der Waals surface area contributed by atoms with Crippen LogP contribution in [0, 0.1) is 6.92 Å². The average molecular weight is 607 g/mol. The van der Waals surface area contributed by atoms with Crippen molar-refractivity contribution in [2.45, 2.75) is 102 Å². The predicted molar refractivity (Wildman–Crippen MR) is 164 cm³/mol. The van der Waals surface area contributed by atoms with E-state index in [0.29, 0.717) is 18.9 Å². The number of hydrogen-bond acceptors (Lipinski definition) is 8. The number of halogens is 1. The summed E-state index contributed by atoms with van der Waals surface area (Å²) in [5.41, 5.74) is 2.23. The largest absolute Gasteiger partial charge is 0.444 e. The van der Waals surface area contributed by atoms with Gasteiger partial charge in [0.25, 0.3) is 0 Å². The van der Waals surface area contributed by atoms with E-state index in [2.05, 4.69) is 17.0 Å². The van der Waals surface area contributed by atoms with Gasteiger partial charge in [0.1, 0.15) is 23.4 Å². The van der Waals surface area contributed by atoms with Gasteiger partial charge in [0.2, 0.25) is 0 Å². The van der Waals surface area contributed by atoms with Gasteiger partial charge in [-0.1, -0.05) is 0 Å². The van der Waals surface area contributed by atoms with Crippen molar-refractivity contribution in [3.05, 3.63) is 41.3 Å². The number of benzene rings is 1. The van der Waals surface area contributed by atoms with E-state index in [4.69, 9.17) is 29.3 Å². The standard InChI is InChI=1S/C33H43FN6O4/c1-20-13-22-16-35-40(27(22)14-25(20)24-10-11-38(19-26(24)34)32(41)44-33(2,3)4)29-15-28(36-31(37-29)21-8-9-21)39-17-23(18-39)43-30-7-5-6-12-42-30/h13-16,21,23-24,26,30H,5-12,17-19H2,1-4H3/t24-,26-,30?/m1/s1. The number of carbonyl (C=O) groups excluding carboxylic acids is 1. The van der Waals surface area contributed by atoms with Crippen molar-refractivity contribution in [3.63, 3.8) is 0 Å². The first-order valence-electron chi connectivity index (χ1n) is 16.1. The van der Waals surface area contributed by atoms with Gasteiger partial charge in [-0.2, -0.15) is 5.10 Å². The summed E-state index contributed by atoms with van der Waals surface area (Å²) >= 11 is 0. The molecular weight excluding hydrogens is 563 g/mol. The van der Waals surface area contributed by atoms with Crippen LogP contribution in [0.4, 0.5) is 15.0 Å². The molecule has 3 atom stereocenters. The number of rotatable bonds is 6. The molecule has 3 aromatic rings. The molecular formula is C33H43FN6O4. The SMILES string of the molecule is Cc1cc2cnn(-c3cc(N4CC(OC5CCCCO5)C4)nc(C4CC4)n3)c2cc1[C@H]1CCN(C(=O)OC(C)(C)C)C[C@H]1F. The van der Waals surface area contributed by atoms with E-state index in [-0.39, 0.29) is 24.9 Å². The van der Waals surface area contributed by atoms with Crippen LogP contribution >= 0.6 is 0 Å². The number of hydrogen-bond donors (Lipinski definition) is 0. The highest BCUT2D eigenvalue weighted by molar-refractivity contribution is 5.82. The van der Waals surface area contributed by atoms with Crippen LogP contribution in [0.3, 0.4) is 0 Å². The summed E-state index contributed by atoms with van der Waals surface area (Å²) < 4.78 is 35.0. The fourth-order valence-corrected chi connectivity index (χ4v) is 6.51. The highest BCUT2D eigenvalue weighted by atomic mass is 19.1. The molecule has 3 aliphatic heterocycles. The number of piperidine rings is 1. The minimum Gasteiger partial charge on any atom is -0.444 e. The van der Waals surface area contributed by atoms with Gasteiger partial charge in [-0.05, 0) is 89.5 Å². The van der Waals surface area contributed by atoms with Crippen LogP contribution in [0.15, 0.2) is 24.4 Å². The van der Waals surface area contributed by atoms with E-state index in [0.717, 1.165) is 91.3 Å². The number of likely N-dealkylation sites (tertiary alicyclic amines) is 1. The lowest BCUT2D eigenvalue weighted by atomic mass is 9.85. The smallest absolute Gasteiger partial charge is 0.410 e. The zero-order valence-electron chi connectivity index (χ0n) is 26.2. The fourth-order valence-electron chi connectivity index (χ4n) is 6.51. The third-order valence-corrected chi connectivity index (χ3v) is 9.08. The van der Waals surface area contributed by atoms with Gasteiger partial charge < -0.3 is 24.0 Å². The van der Waals surface area contributed by atoms with Gasteiger partial charge in [0, 0.05) is 49.5 Å². The van der Waals surface area contributed by atoms with E-state index in [1.165, 1.54) is 4.90 Å². The lowest BCUT2D eigenvalue weighted by Crippen LogP contribution is -2.54. The number of amides is 1. The first-order chi connectivity index (χ1) is 21.1. The van der Waals surface area contributed by atoms with Crippen molar-refractivity contribution in [3.8, 4) is 5.82 Å². The van der Waals surface area contributed by atoms with Crippen LogP contribution in [-0.4, -0.2) is 87.7 Å². The molecule has 1 amide bonds. The van der Waals surface area contributed by atoms with Crippen molar-refractivity contribution in [2.75, 3.05) is 37.7 Å². The van der Waals surface area contributed by atoms with Crippen molar-refractivity contribution < 1.29 is 23.4 Å². The van der Waals surface area contributed by atoms with Gasteiger partial charge in [-0.3, -0.25) is 0 Å². The molecule has 0 radical (unpaired) electrons.